The predicted octanol–water partition coefficient (Wildman–Crippen LogP) is -4.55. The number of nitrogens with zero attached hydrogens (tertiary/aromatic N) is 13. The summed E-state index contributed by atoms with van der Waals surface area (Å²) in [6, 6.07) is -1.59. The van der Waals surface area contributed by atoms with Crippen molar-refractivity contribution in [2.24, 2.45) is 10.3 Å². The molecule has 0 aromatic carbocycles. The first kappa shape index (κ1) is 86.6. The van der Waals surface area contributed by atoms with Crippen molar-refractivity contribution in [3.8, 4) is 0 Å². The summed E-state index contributed by atoms with van der Waals surface area (Å²) in [6.45, 7) is 10.1. The van der Waals surface area contributed by atoms with Gasteiger partial charge in [-0.2, -0.15) is 8.42 Å². The van der Waals surface area contributed by atoms with Crippen molar-refractivity contribution in [2.45, 2.75) is 167 Å². The third-order valence-electron chi connectivity index (χ3n) is 18.8. The van der Waals surface area contributed by atoms with Gasteiger partial charge in [0.05, 0.1) is 49.4 Å². The number of aliphatic hydroxyl groups excluding tert-OH is 1. The van der Waals surface area contributed by atoms with Crippen molar-refractivity contribution >= 4 is 163 Å². The van der Waals surface area contributed by atoms with E-state index in [1.165, 1.54) is 111 Å². The van der Waals surface area contributed by atoms with Crippen molar-refractivity contribution in [1.82, 2.24) is 59.5 Å². The van der Waals surface area contributed by atoms with Gasteiger partial charge in [0.2, 0.25) is 28.9 Å². The summed E-state index contributed by atoms with van der Waals surface area (Å²) >= 11 is 3.33. The number of carboxylic acid groups (broad SMARTS) is 6. The molecule has 0 spiro atoms. The first-order chi connectivity index (χ1) is 52.9. The van der Waals surface area contributed by atoms with E-state index in [9.17, 15) is 103 Å². The van der Waals surface area contributed by atoms with Crippen LogP contribution < -0.4 is 26.7 Å². The van der Waals surface area contributed by atoms with E-state index in [1.807, 2.05) is 22.8 Å². The molecule has 0 saturated carbocycles. The number of rotatable bonds is 22. The van der Waals surface area contributed by atoms with Gasteiger partial charge in [-0.25, -0.2) is 64.4 Å². The molecule has 8 saturated heterocycles. The second kappa shape index (κ2) is 32.2. The minimum Gasteiger partial charge on any atom is -0.480 e. The molecule has 8 fully saturated rings. The zero-order valence-electron chi connectivity index (χ0n) is 60.5. The highest BCUT2D eigenvalue weighted by Crippen LogP contribution is 2.48. The van der Waals surface area contributed by atoms with Gasteiger partial charge in [0.25, 0.3) is 23.6 Å². The molecule has 4 aromatic heterocycles. The number of carbonyl (C=O) groups is 13. The topological polar surface area (TPSA) is 691 Å². The molecule has 0 aliphatic carbocycles. The SMILES string of the molecule is CC(C)(O/N=C(\C(=O)N[C@@H]1C(=O)N2C(C(=O)O)=C(C[n+]3ccccc3)CSC12)c1csc(N)n1)C(=O)O.CC1(C)[C@H](C(=O)O)N2C(=O)C[C@H]2S1(=O)=O.C[C@H]1[C@H](NC(=O)/C(=N/OC(C)(C)C(=O)O)c2csc(N)n2)C(=O)N1S(=O)(=O)O.C[C@]1(Cn2ccnn2)[C@H](C(=O)O)N2C(=O)C[C@H]2S1(=O)=O.O=C(O)[C@H]1/C(=C/CO)O[C@@H]2CC(=O)N21. The molecule has 47 nitrogen and oxygen atoms in total. The monoisotopic (exact) mass is 1710 g/mol. The van der Waals surface area contributed by atoms with Crippen molar-refractivity contribution in [1.29, 1.82) is 0 Å². The summed E-state index contributed by atoms with van der Waals surface area (Å²) in [5, 5.41) is 83.8. The predicted molar refractivity (Wildman–Crippen MR) is 384 cm³/mol. The molecule has 7 amide bonds. The molecule has 9 aliphatic heterocycles. The number of aliphatic carboxylic acids is 6. The van der Waals surface area contributed by atoms with Crippen LogP contribution in [0.4, 0.5) is 10.3 Å². The van der Waals surface area contributed by atoms with Crippen molar-refractivity contribution < 1.29 is 147 Å². The number of nitrogen functional groups attached to an aromatic ring is 2. The number of fused-ring (bicyclic) bond motifs is 4. The zero-order chi connectivity index (χ0) is 84.9. The first-order valence-corrected chi connectivity index (χ1v) is 40.3. The average Bonchev–Trinajstić information content (AvgIpc) is 1.49. The summed E-state index contributed by atoms with van der Waals surface area (Å²) in [7, 11) is -12.1. The molecule has 616 valence electrons. The number of hydrogen-bond donors (Lipinski definition) is 12. The zero-order valence-corrected chi connectivity index (χ0v) is 65.4. The number of anilines is 2. The van der Waals surface area contributed by atoms with Crippen LogP contribution in [0.25, 0.3) is 0 Å². The van der Waals surface area contributed by atoms with Gasteiger partial charge >= 0.3 is 46.1 Å². The first-order valence-electron chi connectivity index (χ1n) is 33.0. The van der Waals surface area contributed by atoms with E-state index < -0.39 is 186 Å². The number of oxime groups is 2. The maximum Gasteiger partial charge on any atom is 0.362 e. The van der Waals surface area contributed by atoms with Crippen LogP contribution >= 0.6 is 34.4 Å². The van der Waals surface area contributed by atoms with E-state index in [4.69, 9.17) is 50.9 Å². The van der Waals surface area contributed by atoms with E-state index in [1.54, 1.807) is 12.4 Å². The molecule has 0 radical (unpaired) electrons. The van der Waals surface area contributed by atoms with Gasteiger partial charge in [0.1, 0.15) is 61.8 Å². The molecule has 13 heterocycles. The van der Waals surface area contributed by atoms with Gasteiger partial charge in [-0.1, -0.05) is 21.6 Å². The quantitative estimate of drug-likeness (QED) is 0.0116. The molecule has 13 rings (SSSR count). The number of aromatic nitrogens is 6. The number of hydrogen-bond acceptors (Lipinski definition) is 34. The van der Waals surface area contributed by atoms with Crippen LogP contribution in [0.1, 0.15) is 86.0 Å². The van der Waals surface area contributed by atoms with Crippen LogP contribution in [0.2, 0.25) is 0 Å². The van der Waals surface area contributed by atoms with E-state index >= 15 is 0 Å². The van der Waals surface area contributed by atoms with Gasteiger partial charge in [-0.15, -0.1) is 39.5 Å². The number of ether oxygens (including phenoxy) is 1. The van der Waals surface area contributed by atoms with Gasteiger partial charge in [0.15, 0.2) is 78.6 Å². The third kappa shape index (κ3) is 16.4. The van der Waals surface area contributed by atoms with Gasteiger partial charge in [0, 0.05) is 40.4 Å². The number of thiazole rings is 2. The summed E-state index contributed by atoms with van der Waals surface area (Å²) in [5.41, 5.74) is 7.30. The van der Waals surface area contributed by atoms with Crippen molar-refractivity contribution in [2.75, 3.05) is 23.8 Å². The number of carbonyl (C=O) groups excluding carboxylic acids is 7. The maximum absolute atomic E-state index is 13.1. The number of carboxylic acids is 6. The fourth-order valence-electron chi connectivity index (χ4n) is 12.5. The van der Waals surface area contributed by atoms with Crippen LogP contribution in [0.5, 0.6) is 0 Å². The number of nitrogens with two attached hydrogens (primary N) is 2. The molecule has 4 aromatic rings. The molecular formula is C61H72N17O30S6+. The molecule has 1 unspecified atom stereocenters. The molecule has 14 N–H and O–H groups in total. The Labute approximate surface area is 655 Å². The highest BCUT2D eigenvalue weighted by atomic mass is 32.2. The smallest absolute Gasteiger partial charge is 0.362 e. The Balaban J connectivity index is 0.000000171. The maximum atomic E-state index is 13.1. The number of sulfone groups is 2. The lowest BCUT2D eigenvalue weighted by atomic mass is 9.96. The highest BCUT2D eigenvalue weighted by molar-refractivity contribution is 8.00. The van der Waals surface area contributed by atoms with Gasteiger partial charge < -0.3 is 82.1 Å². The van der Waals surface area contributed by atoms with Crippen LogP contribution in [0.15, 0.2) is 87.2 Å². The number of aliphatic hydroxyl groups is 1. The van der Waals surface area contributed by atoms with Crippen LogP contribution in [-0.2, 0) is 120 Å². The number of pyridine rings is 1. The Morgan fingerprint density at radius 3 is 1.64 bits per heavy atom. The fourth-order valence-corrected chi connectivity index (χ4v) is 20.3. The van der Waals surface area contributed by atoms with Gasteiger partial charge in [-0.3, -0.25) is 52.6 Å². The molecule has 11 atom stereocenters. The van der Waals surface area contributed by atoms with E-state index in [0.717, 1.165) is 32.5 Å². The fraction of sp³-hybridized carbons (Fsp3) is 0.475. The van der Waals surface area contributed by atoms with Crippen LogP contribution in [0, 0.1) is 0 Å². The Bertz CT molecular complexity index is 5130. The Morgan fingerprint density at radius 1 is 0.728 bits per heavy atom. The average molecular weight is 1720 g/mol. The molecule has 0 bridgehead atoms. The number of nitrogens with one attached hydrogen (secondary N) is 2. The van der Waals surface area contributed by atoms with E-state index in [-0.39, 0.29) is 81.4 Å². The lowest BCUT2D eigenvalue weighted by molar-refractivity contribution is -0.689. The van der Waals surface area contributed by atoms with E-state index in [0.29, 0.717) is 17.9 Å². The minimum absolute atomic E-state index is 0.0350. The Hall–Kier alpha value is -11.4. The van der Waals surface area contributed by atoms with Crippen LogP contribution in [0.3, 0.4) is 0 Å². The Morgan fingerprint density at radius 2 is 1.23 bits per heavy atom. The molecule has 53 heteroatoms. The number of amides is 7. The number of thioether (sulfide) groups is 1. The van der Waals surface area contributed by atoms with Crippen molar-refractivity contribution in [3.05, 3.63) is 88.2 Å². The standard InChI is InChI=1S/C22H22N6O7S2.C13H17N5O8S2.C10H12N4O5S.C8H11NO5S.C8H9NO5/c1-22(2,20(33)34)35-26-13(12-10-37-21(23)24-12)16(29)25-14-17(30)28-15(19(31)32)11(9-36-18(14)28)8-27-6-4-3-5-7-27;1-5-7(10(20)18(5)28(23,24)25)16-9(19)8(6-4-27-12(14)15-6)17-26-13(2,3)11(21)22;1-10(5-13-3-2-11-12-13)8(9(16)17)14-6(15)4-7(14)20(10,18)19;1-8(2)6(7(11)12)9-4(10)3-5(9)15(8,13)14;10-2-1-4-7(8(12)13)9-5(11)3-6(9)14-4/h3-7,10,14,18H,8-9H2,1-2H3,(H4-,23,24,25,29,31,32,33,34);4-5,7H,1-3H3,(H2,14,15)(H,16,19)(H,21,22)(H,23,24,25);2-3,7-8H,4-5H2,1H3,(H,16,17);5-6H,3H2,1-2H3,(H,11,12);1,6-7,10H,2-3H2,(H,12,13)/p+1/b26-13-;17-8+;;;4-1-/t14-,18?;5-,7-;7-,8+,10+;5-,6+;6-,7-/m10111/s1. The highest BCUT2D eigenvalue weighted by Gasteiger charge is 2.71. The number of β-lactam (4-membered cyclic amide) rings is 5. The largest absolute Gasteiger partial charge is 0.480 e. The second-order valence-corrected chi connectivity index (χ2v) is 36.8. The molecule has 9 aliphatic rings. The summed E-state index contributed by atoms with van der Waals surface area (Å²) in [5.74, 6) is -11.7. The second-order valence-electron chi connectivity index (χ2n) is 27.4. The summed E-state index contributed by atoms with van der Waals surface area (Å²) in [4.78, 5) is 174. The molecular weight excluding hydrogens is 1640 g/mol. The summed E-state index contributed by atoms with van der Waals surface area (Å²) in [6.07, 6.45) is 7.21. The van der Waals surface area contributed by atoms with Crippen molar-refractivity contribution in [3.63, 3.8) is 0 Å². The van der Waals surface area contributed by atoms with E-state index in [2.05, 4.69) is 41.2 Å². The minimum atomic E-state index is -4.76. The normalized spacial score (nSPS) is 26.2. The molecule has 114 heavy (non-hydrogen) atoms. The third-order valence-corrected chi connectivity index (χ3v) is 28.0. The lowest BCUT2D eigenvalue weighted by Gasteiger charge is -2.49. The Kier molecular flexibility index (Phi) is 24.5. The lowest BCUT2D eigenvalue weighted by Crippen LogP contribution is -2.71. The van der Waals surface area contributed by atoms with Gasteiger partial charge in [-0.05, 0) is 61.5 Å². The van der Waals surface area contributed by atoms with Crippen LogP contribution in [-0.4, -0.2) is 295 Å². The summed E-state index contributed by atoms with van der Waals surface area (Å²) < 4.78 is 85.5.